The Bertz CT molecular complexity index is 411. The third-order valence-electron chi connectivity index (χ3n) is 3.18. The molecule has 2 N–H and O–H groups in total. The fraction of sp³-hybridized carbons (Fsp3) is 0.538. The molecule has 3 atom stereocenters. The van der Waals surface area contributed by atoms with Crippen LogP contribution in [0.4, 0.5) is 0 Å². The Kier molecular flexibility index (Phi) is 4.73. The maximum absolute atomic E-state index is 9.76. The monoisotopic (exact) mass is 290 g/mol. The summed E-state index contributed by atoms with van der Waals surface area (Å²) in [4.78, 5) is 0. The molecule has 3 nitrogen and oxygen atoms in total. The molecule has 0 bridgehead atoms. The normalized spacial score (nSPS) is 27.4. The van der Waals surface area contributed by atoms with Crippen molar-refractivity contribution in [2.45, 2.75) is 30.9 Å². The topological polar surface area (TPSA) is 49.7 Å². The van der Waals surface area contributed by atoms with Crippen molar-refractivity contribution in [3.05, 3.63) is 28.8 Å². The van der Waals surface area contributed by atoms with Gasteiger partial charge in [0.1, 0.15) is 5.75 Å². The van der Waals surface area contributed by atoms with E-state index in [4.69, 9.17) is 33.0 Å². The third-order valence-corrected chi connectivity index (χ3v) is 3.75. The molecule has 1 saturated carbocycles. The predicted octanol–water partition coefficient (Wildman–Crippen LogP) is 2.59. The first-order valence-electron chi connectivity index (χ1n) is 5.93. The van der Waals surface area contributed by atoms with Crippen molar-refractivity contribution in [3.63, 3.8) is 0 Å². The Labute approximate surface area is 116 Å². The summed E-state index contributed by atoms with van der Waals surface area (Å²) < 4.78 is 5.62. The van der Waals surface area contributed by atoms with Crippen LogP contribution in [-0.4, -0.2) is 28.3 Å². The maximum atomic E-state index is 9.76. The molecule has 18 heavy (non-hydrogen) atoms. The fourth-order valence-corrected chi connectivity index (χ4v) is 2.87. The number of ether oxygens (including phenoxy) is 1. The summed E-state index contributed by atoms with van der Waals surface area (Å²) in [5.74, 6) is 0.667. The van der Waals surface area contributed by atoms with Crippen molar-refractivity contribution in [2.75, 3.05) is 6.61 Å². The summed E-state index contributed by atoms with van der Waals surface area (Å²) in [6.45, 7) is 0.336. The van der Waals surface area contributed by atoms with Crippen molar-refractivity contribution in [1.82, 2.24) is 0 Å². The molecule has 0 saturated heterocycles. The summed E-state index contributed by atoms with van der Waals surface area (Å²) in [6.07, 6.45) is 0.979. The second kappa shape index (κ2) is 6.11. The van der Waals surface area contributed by atoms with E-state index >= 15 is 0 Å². The van der Waals surface area contributed by atoms with E-state index in [0.29, 0.717) is 29.4 Å². The quantitative estimate of drug-likeness (QED) is 0.838. The standard InChI is InChI=1S/C13H16Cl2O3/c14-10-1-8(6-16)2-12(4-10)18-7-9-3-11(15)5-13(9)17/h1-2,4,9,11,13,16-17H,3,5-7H2/t9-,11-,13+/m0/s1. The lowest BCUT2D eigenvalue weighted by atomic mass is 10.1. The number of alkyl halides is 1. The maximum Gasteiger partial charge on any atom is 0.121 e. The number of hydrogen-bond donors (Lipinski definition) is 2. The van der Waals surface area contributed by atoms with Gasteiger partial charge in [0.2, 0.25) is 0 Å². The molecule has 1 fully saturated rings. The minimum absolute atomic E-state index is 0.0287. The first kappa shape index (κ1) is 13.9. The van der Waals surface area contributed by atoms with Crippen molar-refractivity contribution in [2.24, 2.45) is 5.92 Å². The lowest BCUT2D eigenvalue weighted by molar-refractivity contribution is 0.0985. The van der Waals surface area contributed by atoms with Gasteiger partial charge in [0.05, 0.1) is 19.3 Å². The first-order valence-corrected chi connectivity index (χ1v) is 6.75. The number of halogens is 2. The second-order valence-corrected chi connectivity index (χ2v) is 5.71. The van der Waals surface area contributed by atoms with E-state index in [0.717, 1.165) is 6.42 Å². The van der Waals surface area contributed by atoms with Gasteiger partial charge >= 0.3 is 0 Å². The van der Waals surface area contributed by atoms with Crippen LogP contribution in [0.3, 0.4) is 0 Å². The molecule has 1 aliphatic rings. The van der Waals surface area contributed by atoms with Gasteiger partial charge in [-0.3, -0.25) is 0 Å². The molecule has 0 radical (unpaired) electrons. The Morgan fingerprint density at radius 1 is 1.28 bits per heavy atom. The smallest absolute Gasteiger partial charge is 0.121 e. The minimum Gasteiger partial charge on any atom is -0.493 e. The fourth-order valence-electron chi connectivity index (χ4n) is 2.21. The number of aliphatic hydroxyl groups is 2. The second-order valence-electron chi connectivity index (χ2n) is 4.66. The zero-order valence-electron chi connectivity index (χ0n) is 9.85. The molecule has 0 amide bonds. The molecule has 0 spiro atoms. The Hall–Kier alpha value is -0.480. The highest BCUT2D eigenvalue weighted by Crippen LogP contribution is 2.31. The lowest BCUT2D eigenvalue weighted by Gasteiger charge is -2.15. The van der Waals surface area contributed by atoms with Gasteiger partial charge in [0, 0.05) is 16.3 Å². The van der Waals surface area contributed by atoms with E-state index in [1.807, 2.05) is 0 Å². The van der Waals surface area contributed by atoms with E-state index in [2.05, 4.69) is 0 Å². The number of benzene rings is 1. The zero-order valence-corrected chi connectivity index (χ0v) is 11.4. The van der Waals surface area contributed by atoms with Crippen LogP contribution >= 0.6 is 23.2 Å². The zero-order chi connectivity index (χ0) is 13.1. The molecule has 5 heteroatoms. The van der Waals surface area contributed by atoms with E-state index < -0.39 is 6.10 Å². The minimum atomic E-state index is -0.399. The molecule has 1 aliphatic carbocycles. The SMILES string of the molecule is OCc1cc(Cl)cc(OC[C@@H]2C[C@H](Cl)C[C@H]2O)c1. The Morgan fingerprint density at radius 2 is 2.06 bits per heavy atom. The highest BCUT2D eigenvalue weighted by molar-refractivity contribution is 6.30. The highest BCUT2D eigenvalue weighted by Gasteiger charge is 2.32. The lowest BCUT2D eigenvalue weighted by Crippen LogP contribution is -2.20. The Morgan fingerprint density at radius 3 is 2.67 bits per heavy atom. The number of rotatable bonds is 4. The molecule has 0 heterocycles. The van der Waals surface area contributed by atoms with Crippen LogP contribution in [-0.2, 0) is 6.61 Å². The van der Waals surface area contributed by atoms with Gasteiger partial charge in [-0.1, -0.05) is 11.6 Å². The summed E-state index contributed by atoms with van der Waals surface area (Å²) >= 11 is 11.9. The molecular formula is C13H16Cl2O3. The van der Waals surface area contributed by atoms with Gasteiger partial charge in [-0.2, -0.15) is 0 Å². The largest absolute Gasteiger partial charge is 0.493 e. The van der Waals surface area contributed by atoms with Crippen LogP contribution in [0.25, 0.3) is 0 Å². The molecule has 1 aromatic carbocycles. The van der Waals surface area contributed by atoms with Crippen molar-refractivity contribution in [1.29, 1.82) is 0 Å². The molecule has 2 rings (SSSR count). The van der Waals surface area contributed by atoms with Crippen molar-refractivity contribution < 1.29 is 14.9 Å². The number of hydrogen-bond acceptors (Lipinski definition) is 3. The molecule has 0 aliphatic heterocycles. The van der Waals surface area contributed by atoms with Crippen LogP contribution in [0.5, 0.6) is 5.75 Å². The molecular weight excluding hydrogens is 275 g/mol. The van der Waals surface area contributed by atoms with Gasteiger partial charge in [0.25, 0.3) is 0 Å². The van der Waals surface area contributed by atoms with Crippen LogP contribution < -0.4 is 4.74 Å². The molecule has 1 aromatic rings. The third kappa shape index (κ3) is 3.51. The molecule has 0 unspecified atom stereocenters. The van der Waals surface area contributed by atoms with Gasteiger partial charge in [-0.25, -0.2) is 0 Å². The van der Waals surface area contributed by atoms with E-state index in [1.165, 1.54) is 0 Å². The van der Waals surface area contributed by atoms with Crippen LogP contribution in [0, 0.1) is 5.92 Å². The van der Waals surface area contributed by atoms with Gasteiger partial charge in [-0.15, -0.1) is 11.6 Å². The van der Waals surface area contributed by atoms with E-state index in [1.54, 1.807) is 18.2 Å². The summed E-state index contributed by atoms with van der Waals surface area (Å²) in [6, 6.07) is 5.12. The van der Waals surface area contributed by atoms with E-state index in [-0.39, 0.29) is 17.9 Å². The van der Waals surface area contributed by atoms with E-state index in [9.17, 15) is 5.11 Å². The van der Waals surface area contributed by atoms with Crippen LogP contribution in [0.15, 0.2) is 18.2 Å². The molecule has 100 valence electrons. The van der Waals surface area contributed by atoms with Crippen molar-refractivity contribution in [3.8, 4) is 5.75 Å². The van der Waals surface area contributed by atoms with Crippen LogP contribution in [0.1, 0.15) is 18.4 Å². The predicted molar refractivity (Wildman–Crippen MR) is 71.2 cm³/mol. The van der Waals surface area contributed by atoms with Gasteiger partial charge in [0.15, 0.2) is 0 Å². The summed E-state index contributed by atoms with van der Waals surface area (Å²) in [5, 5.41) is 19.4. The van der Waals surface area contributed by atoms with Crippen LogP contribution in [0.2, 0.25) is 5.02 Å². The molecule has 0 aromatic heterocycles. The highest BCUT2D eigenvalue weighted by atomic mass is 35.5. The van der Waals surface area contributed by atoms with Gasteiger partial charge < -0.3 is 14.9 Å². The Balaban J connectivity index is 1.95. The van der Waals surface area contributed by atoms with Gasteiger partial charge in [-0.05, 0) is 36.6 Å². The average molecular weight is 291 g/mol. The first-order chi connectivity index (χ1) is 8.58. The summed E-state index contributed by atoms with van der Waals surface area (Å²) in [7, 11) is 0. The van der Waals surface area contributed by atoms with Crippen molar-refractivity contribution >= 4 is 23.2 Å². The average Bonchev–Trinajstić information content (AvgIpc) is 2.64. The summed E-state index contributed by atoms with van der Waals surface area (Å²) in [5.41, 5.74) is 0.708. The number of aliphatic hydroxyl groups excluding tert-OH is 2.